The standard InChI is InChI=1S/C29H28N4O6S2/c34-27(32-40(36,37)21-23-13-5-1-6-14-23)30-29(25-17-9-3-10-18-25,26-19-11-4-12-20-26)31-28(35)33-41(38,39)22-24-15-7-2-8-16-24/h1-20H,21-22H2,(H2,30,32,34)(H2,31,33,35). The quantitative estimate of drug-likeness (QED) is 0.207. The van der Waals surface area contributed by atoms with Crippen molar-refractivity contribution >= 4 is 32.1 Å². The molecule has 0 aliphatic carbocycles. The van der Waals surface area contributed by atoms with E-state index in [-0.39, 0.29) is 0 Å². The molecule has 0 aliphatic heterocycles. The molecule has 0 spiro atoms. The molecule has 4 aromatic carbocycles. The molecule has 0 aliphatic rings. The highest BCUT2D eigenvalue weighted by Gasteiger charge is 2.39. The van der Waals surface area contributed by atoms with Gasteiger partial charge in [0.2, 0.25) is 20.0 Å². The molecule has 0 saturated heterocycles. The lowest BCUT2D eigenvalue weighted by molar-refractivity contribution is 0.218. The second kappa shape index (κ2) is 12.7. The summed E-state index contributed by atoms with van der Waals surface area (Å²) in [6.45, 7) is 0. The summed E-state index contributed by atoms with van der Waals surface area (Å²) in [5.74, 6) is -0.923. The second-order valence-electron chi connectivity index (χ2n) is 9.08. The van der Waals surface area contributed by atoms with Crippen LogP contribution in [-0.2, 0) is 37.2 Å². The van der Waals surface area contributed by atoms with Crippen molar-refractivity contribution in [2.24, 2.45) is 0 Å². The number of nitrogens with one attached hydrogen (secondary N) is 4. The summed E-state index contributed by atoms with van der Waals surface area (Å²) < 4.78 is 55.2. The van der Waals surface area contributed by atoms with E-state index in [1.165, 1.54) is 0 Å². The molecule has 4 amide bonds. The van der Waals surface area contributed by atoms with Gasteiger partial charge in [-0.15, -0.1) is 0 Å². The first kappa shape index (κ1) is 29.3. The lowest BCUT2D eigenvalue weighted by Gasteiger charge is -2.36. The molecule has 212 valence electrons. The van der Waals surface area contributed by atoms with Gasteiger partial charge < -0.3 is 10.6 Å². The second-order valence-corrected chi connectivity index (χ2v) is 12.5. The van der Waals surface area contributed by atoms with E-state index in [0.717, 1.165) is 0 Å². The molecule has 41 heavy (non-hydrogen) atoms. The third-order valence-corrected chi connectivity index (χ3v) is 8.33. The van der Waals surface area contributed by atoms with E-state index in [9.17, 15) is 26.4 Å². The van der Waals surface area contributed by atoms with Crippen molar-refractivity contribution < 1.29 is 26.4 Å². The Morgan fingerprint density at radius 1 is 0.488 bits per heavy atom. The van der Waals surface area contributed by atoms with Gasteiger partial charge in [-0.25, -0.2) is 35.9 Å². The number of hydrogen-bond acceptors (Lipinski definition) is 6. The Hall–Kier alpha value is -4.68. The van der Waals surface area contributed by atoms with Gasteiger partial charge in [0.1, 0.15) is 0 Å². The summed E-state index contributed by atoms with van der Waals surface area (Å²) in [6, 6.07) is 30.8. The minimum Gasteiger partial charge on any atom is -0.306 e. The molecule has 0 atom stereocenters. The maximum Gasteiger partial charge on any atom is 0.330 e. The van der Waals surface area contributed by atoms with Crippen molar-refractivity contribution in [1.29, 1.82) is 0 Å². The summed E-state index contributed by atoms with van der Waals surface area (Å²) in [5, 5.41) is 5.15. The lowest BCUT2D eigenvalue weighted by Crippen LogP contribution is -2.63. The Bertz CT molecular complexity index is 1560. The monoisotopic (exact) mass is 592 g/mol. The molecule has 12 heteroatoms. The number of benzene rings is 4. The minimum atomic E-state index is -4.15. The predicted octanol–water partition coefficient (Wildman–Crippen LogP) is 3.55. The van der Waals surface area contributed by atoms with Crippen molar-refractivity contribution in [3.8, 4) is 0 Å². The van der Waals surface area contributed by atoms with Crippen molar-refractivity contribution in [3.63, 3.8) is 0 Å². The molecular weight excluding hydrogens is 564 g/mol. The first-order valence-electron chi connectivity index (χ1n) is 12.4. The number of hydrogen-bond donors (Lipinski definition) is 4. The van der Waals surface area contributed by atoms with Gasteiger partial charge in [0.25, 0.3) is 0 Å². The first-order chi connectivity index (χ1) is 19.6. The van der Waals surface area contributed by atoms with Crippen LogP contribution < -0.4 is 20.1 Å². The largest absolute Gasteiger partial charge is 0.330 e. The number of sulfonamides is 2. The molecular formula is C29H28N4O6S2. The lowest BCUT2D eigenvalue weighted by atomic mass is 9.91. The van der Waals surface area contributed by atoms with Crippen LogP contribution in [0.2, 0.25) is 0 Å². The third-order valence-electron chi connectivity index (χ3n) is 5.91. The van der Waals surface area contributed by atoms with Gasteiger partial charge in [0.15, 0.2) is 5.66 Å². The molecule has 4 rings (SSSR count). The van der Waals surface area contributed by atoms with Crippen molar-refractivity contribution in [2.75, 3.05) is 0 Å². The smallest absolute Gasteiger partial charge is 0.306 e. The van der Waals surface area contributed by atoms with Crippen LogP contribution in [0.1, 0.15) is 22.3 Å². The average Bonchev–Trinajstić information content (AvgIpc) is 2.93. The van der Waals surface area contributed by atoms with Crippen LogP contribution >= 0.6 is 0 Å². The van der Waals surface area contributed by atoms with Gasteiger partial charge in [-0.2, -0.15) is 0 Å². The molecule has 4 N–H and O–H groups in total. The molecule has 0 heterocycles. The molecule has 0 unspecified atom stereocenters. The van der Waals surface area contributed by atoms with Crippen molar-refractivity contribution in [1.82, 2.24) is 20.1 Å². The van der Waals surface area contributed by atoms with Gasteiger partial charge in [-0.1, -0.05) is 121 Å². The summed E-state index contributed by atoms with van der Waals surface area (Å²) in [7, 11) is -8.30. The van der Waals surface area contributed by atoms with Crippen LogP contribution in [0.3, 0.4) is 0 Å². The SMILES string of the molecule is O=C(NC(NC(=O)NS(=O)(=O)Cc1ccccc1)(c1ccccc1)c1ccccc1)NS(=O)(=O)Cc1ccccc1. The highest BCUT2D eigenvalue weighted by atomic mass is 32.2. The van der Waals surface area contributed by atoms with E-state index in [1.54, 1.807) is 121 Å². The summed E-state index contributed by atoms with van der Waals surface area (Å²) in [6.07, 6.45) is 0. The van der Waals surface area contributed by atoms with Crippen LogP contribution in [0.15, 0.2) is 121 Å². The highest BCUT2D eigenvalue weighted by molar-refractivity contribution is 7.89. The Morgan fingerprint density at radius 2 is 0.780 bits per heavy atom. The summed E-state index contributed by atoms with van der Waals surface area (Å²) in [4.78, 5) is 26.5. The zero-order valence-electron chi connectivity index (χ0n) is 21.7. The molecule has 4 aromatic rings. The van der Waals surface area contributed by atoms with Gasteiger partial charge in [0.05, 0.1) is 11.5 Å². The van der Waals surface area contributed by atoms with E-state index in [4.69, 9.17) is 0 Å². The maximum absolute atomic E-state index is 13.2. The Morgan fingerprint density at radius 3 is 1.10 bits per heavy atom. The van der Waals surface area contributed by atoms with Crippen LogP contribution in [0.25, 0.3) is 0 Å². The molecule has 0 radical (unpaired) electrons. The number of carbonyl (C=O) groups is 2. The number of rotatable bonds is 10. The predicted molar refractivity (Wildman–Crippen MR) is 155 cm³/mol. The molecule has 0 saturated carbocycles. The van der Waals surface area contributed by atoms with E-state index < -0.39 is 49.3 Å². The van der Waals surface area contributed by atoms with E-state index in [0.29, 0.717) is 22.3 Å². The van der Waals surface area contributed by atoms with E-state index >= 15 is 0 Å². The number of urea groups is 2. The Balaban J connectivity index is 1.65. The Kier molecular flexibility index (Phi) is 9.05. The van der Waals surface area contributed by atoms with Gasteiger partial charge in [0, 0.05) is 11.1 Å². The minimum absolute atomic E-state index is 0.331. The van der Waals surface area contributed by atoms with Crippen molar-refractivity contribution in [3.05, 3.63) is 144 Å². The maximum atomic E-state index is 13.2. The molecule has 0 fully saturated rings. The van der Waals surface area contributed by atoms with Gasteiger partial charge in [-0.05, 0) is 11.1 Å². The average molecular weight is 593 g/mol. The fourth-order valence-electron chi connectivity index (χ4n) is 4.20. The molecule has 0 aromatic heterocycles. The first-order valence-corrected chi connectivity index (χ1v) is 15.7. The number of carbonyl (C=O) groups excluding carboxylic acids is 2. The van der Waals surface area contributed by atoms with Crippen LogP contribution in [0.4, 0.5) is 9.59 Å². The van der Waals surface area contributed by atoms with Crippen LogP contribution in [-0.4, -0.2) is 28.9 Å². The van der Waals surface area contributed by atoms with Crippen LogP contribution in [0, 0.1) is 0 Å². The fourth-order valence-corrected chi connectivity index (χ4v) is 6.27. The number of amides is 4. The zero-order chi connectivity index (χ0) is 29.3. The molecule has 10 nitrogen and oxygen atoms in total. The topological polar surface area (TPSA) is 151 Å². The molecule has 0 bridgehead atoms. The van der Waals surface area contributed by atoms with E-state index in [2.05, 4.69) is 10.6 Å². The van der Waals surface area contributed by atoms with Gasteiger partial charge in [-0.3, -0.25) is 0 Å². The Labute approximate surface area is 238 Å². The fraction of sp³-hybridized carbons (Fsp3) is 0.103. The summed E-state index contributed by atoms with van der Waals surface area (Å²) in [5.41, 5.74) is -0.284. The third kappa shape index (κ3) is 8.16. The van der Waals surface area contributed by atoms with Gasteiger partial charge >= 0.3 is 12.1 Å². The zero-order valence-corrected chi connectivity index (χ0v) is 23.4. The summed E-state index contributed by atoms with van der Waals surface area (Å²) >= 11 is 0. The van der Waals surface area contributed by atoms with Crippen LogP contribution in [0.5, 0.6) is 0 Å². The normalized spacial score (nSPS) is 11.7. The van der Waals surface area contributed by atoms with Crippen molar-refractivity contribution in [2.45, 2.75) is 17.2 Å². The highest BCUT2D eigenvalue weighted by Crippen LogP contribution is 2.27. The van der Waals surface area contributed by atoms with E-state index in [1.807, 2.05) is 9.44 Å².